The van der Waals surface area contributed by atoms with Crippen LogP contribution in [-0.2, 0) is 11.3 Å². The molecule has 0 atom stereocenters. The van der Waals surface area contributed by atoms with E-state index in [1.807, 2.05) is 18.2 Å². The zero-order valence-electron chi connectivity index (χ0n) is 13.2. The maximum atomic E-state index is 11.6. The predicted molar refractivity (Wildman–Crippen MR) is 83.8 cm³/mol. The highest BCUT2D eigenvalue weighted by Crippen LogP contribution is 2.27. The first-order valence-corrected chi connectivity index (χ1v) is 7.48. The van der Waals surface area contributed by atoms with E-state index >= 15 is 0 Å². The van der Waals surface area contributed by atoms with E-state index in [-0.39, 0.29) is 12.5 Å². The van der Waals surface area contributed by atoms with Crippen molar-refractivity contribution in [1.29, 1.82) is 0 Å². The molecule has 0 heterocycles. The minimum absolute atomic E-state index is 0.00658. The van der Waals surface area contributed by atoms with Crippen LogP contribution in [0.5, 0.6) is 11.5 Å². The number of methoxy groups -OCH3 is 1. The van der Waals surface area contributed by atoms with Gasteiger partial charge in [-0.1, -0.05) is 26.3 Å². The Hall–Kier alpha value is -1.75. The predicted octanol–water partition coefficient (Wildman–Crippen LogP) is 2.10. The van der Waals surface area contributed by atoms with Crippen molar-refractivity contribution >= 4 is 5.91 Å². The first-order chi connectivity index (χ1) is 10.2. The Balaban J connectivity index is 2.52. The average Bonchev–Trinajstić information content (AvgIpc) is 2.51. The van der Waals surface area contributed by atoms with Gasteiger partial charge < -0.3 is 20.1 Å². The van der Waals surface area contributed by atoms with Crippen molar-refractivity contribution in [3.8, 4) is 11.5 Å². The lowest BCUT2D eigenvalue weighted by Crippen LogP contribution is -2.29. The van der Waals surface area contributed by atoms with Gasteiger partial charge in [0.1, 0.15) is 0 Å². The topological polar surface area (TPSA) is 59.6 Å². The molecule has 1 aromatic rings. The van der Waals surface area contributed by atoms with Crippen molar-refractivity contribution in [1.82, 2.24) is 10.6 Å². The Kier molecular flexibility index (Phi) is 8.28. The third-order valence-electron chi connectivity index (χ3n) is 3.02. The van der Waals surface area contributed by atoms with Crippen LogP contribution in [0.3, 0.4) is 0 Å². The van der Waals surface area contributed by atoms with Crippen LogP contribution in [0.1, 0.15) is 32.3 Å². The standard InChI is InChI=1S/C16H26N2O3/c1-4-6-9-18-16(19)12-21-14-8-7-13(11-17-5-2)10-15(14)20-3/h7-8,10,17H,4-6,9,11-12H2,1-3H3,(H,18,19). The highest BCUT2D eigenvalue weighted by atomic mass is 16.5. The van der Waals surface area contributed by atoms with Crippen LogP contribution in [0.2, 0.25) is 0 Å². The van der Waals surface area contributed by atoms with Crippen molar-refractivity contribution in [2.24, 2.45) is 0 Å². The molecule has 2 N–H and O–H groups in total. The first kappa shape index (κ1) is 17.3. The van der Waals surface area contributed by atoms with E-state index in [2.05, 4.69) is 24.5 Å². The molecule has 0 radical (unpaired) electrons. The fourth-order valence-corrected chi connectivity index (χ4v) is 1.81. The van der Waals surface area contributed by atoms with Gasteiger partial charge in [-0.2, -0.15) is 0 Å². The van der Waals surface area contributed by atoms with Crippen molar-refractivity contribution in [2.45, 2.75) is 33.2 Å². The van der Waals surface area contributed by atoms with Gasteiger partial charge in [-0.05, 0) is 30.7 Å². The molecule has 0 aromatic heterocycles. The van der Waals surface area contributed by atoms with E-state index in [0.717, 1.165) is 31.5 Å². The lowest BCUT2D eigenvalue weighted by Gasteiger charge is -2.12. The van der Waals surface area contributed by atoms with Gasteiger partial charge in [0, 0.05) is 13.1 Å². The van der Waals surface area contributed by atoms with Crippen molar-refractivity contribution < 1.29 is 14.3 Å². The quantitative estimate of drug-likeness (QED) is 0.649. The molecule has 0 aliphatic rings. The SMILES string of the molecule is CCCCNC(=O)COc1ccc(CNCC)cc1OC. The summed E-state index contributed by atoms with van der Waals surface area (Å²) in [6, 6.07) is 5.73. The molecule has 1 amide bonds. The second-order valence-corrected chi connectivity index (χ2v) is 4.76. The van der Waals surface area contributed by atoms with E-state index in [9.17, 15) is 4.79 Å². The smallest absolute Gasteiger partial charge is 0.257 e. The number of rotatable bonds is 10. The summed E-state index contributed by atoms with van der Waals surface area (Å²) < 4.78 is 10.8. The first-order valence-electron chi connectivity index (χ1n) is 7.48. The number of benzene rings is 1. The molecule has 0 saturated carbocycles. The zero-order chi connectivity index (χ0) is 15.5. The van der Waals surface area contributed by atoms with Gasteiger partial charge in [0.25, 0.3) is 5.91 Å². The second kappa shape index (κ2) is 10.0. The molecule has 118 valence electrons. The summed E-state index contributed by atoms with van der Waals surface area (Å²) in [5.74, 6) is 1.12. The van der Waals surface area contributed by atoms with Gasteiger partial charge in [-0.25, -0.2) is 0 Å². The molecular formula is C16H26N2O3. The van der Waals surface area contributed by atoms with Crippen LogP contribution in [0.15, 0.2) is 18.2 Å². The van der Waals surface area contributed by atoms with E-state index in [0.29, 0.717) is 18.0 Å². The third kappa shape index (κ3) is 6.49. The summed E-state index contributed by atoms with van der Waals surface area (Å²) in [7, 11) is 1.60. The highest BCUT2D eigenvalue weighted by molar-refractivity contribution is 5.77. The number of nitrogens with one attached hydrogen (secondary N) is 2. The molecule has 0 aliphatic carbocycles. The van der Waals surface area contributed by atoms with Crippen LogP contribution >= 0.6 is 0 Å². The molecule has 0 bridgehead atoms. The third-order valence-corrected chi connectivity index (χ3v) is 3.02. The maximum absolute atomic E-state index is 11.6. The molecule has 1 rings (SSSR count). The van der Waals surface area contributed by atoms with Gasteiger partial charge >= 0.3 is 0 Å². The Bertz CT molecular complexity index is 436. The molecule has 5 heteroatoms. The van der Waals surface area contributed by atoms with E-state index < -0.39 is 0 Å². The van der Waals surface area contributed by atoms with Crippen LogP contribution in [-0.4, -0.2) is 32.7 Å². The Morgan fingerprint density at radius 1 is 1.24 bits per heavy atom. The molecule has 21 heavy (non-hydrogen) atoms. The molecule has 0 spiro atoms. The van der Waals surface area contributed by atoms with Crippen molar-refractivity contribution in [2.75, 3.05) is 26.8 Å². The van der Waals surface area contributed by atoms with Crippen LogP contribution in [0, 0.1) is 0 Å². The van der Waals surface area contributed by atoms with Gasteiger partial charge in [0.15, 0.2) is 18.1 Å². The summed E-state index contributed by atoms with van der Waals surface area (Å²) in [5.41, 5.74) is 1.12. The minimum atomic E-state index is -0.109. The molecule has 1 aromatic carbocycles. The van der Waals surface area contributed by atoms with Crippen LogP contribution < -0.4 is 20.1 Å². The molecule has 0 aliphatic heterocycles. The summed E-state index contributed by atoms with van der Waals surface area (Å²) in [6.45, 7) is 6.54. The number of hydrogen-bond donors (Lipinski definition) is 2. The summed E-state index contributed by atoms with van der Waals surface area (Å²) in [4.78, 5) is 11.6. The Labute approximate surface area is 127 Å². The van der Waals surface area contributed by atoms with Crippen LogP contribution in [0.4, 0.5) is 0 Å². The van der Waals surface area contributed by atoms with Crippen molar-refractivity contribution in [3.63, 3.8) is 0 Å². The second-order valence-electron chi connectivity index (χ2n) is 4.76. The van der Waals surface area contributed by atoms with Crippen molar-refractivity contribution in [3.05, 3.63) is 23.8 Å². The lowest BCUT2D eigenvalue weighted by molar-refractivity contribution is -0.123. The lowest BCUT2D eigenvalue weighted by atomic mass is 10.2. The average molecular weight is 294 g/mol. The number of carbonyl (C=O) groups is 1. The fraction of sp³-hybridized carbons (Fsp3) is 0.562. The van der Waals surface area contributed by atoms with Gasteiger partial charge in [-0.15, -0.1) is 0 Å². The summed E-state index contributed by atoms with van der Waals surface area (Å²) in [6.07, 6.45) is 2.04. The Morgan fingerprint density at radius 2 is 2.05 bits per heavy atom. The number of ether oxygens (including phenoxy) is 2. The molecule has 0 saturated heterocycles. The van der Waals surface area contributed by atoms with Crippen LogP contribution in [0.25, 0.3) is 0 Å². The number of hydrogen-bond acceptors (Lipinski definition) is 4. The molecule has 0 unspecified atom stereocenters. The van der Waals surface area contributed by atoms with E-state index in [1.54, 1.807) is 7.11 Å². The largest absolute Gasteiger partial charge is 0.493 e. The van der Waals surface area contributed by atoms with E-state index in [4.69, 9.17) is 9.47 Å². The molecule has 5 nitrogen and oxygen atoms in total. The Morgan fingerprint density at radius 3 is 2.71 bits per heavy atom. The monoisotopic (exact) mass is 294 g/mol. The minimum Gasteiger partial charge on any atom is -0.493 e. The zero-order valence-corrected chi connectivity index (χ0v) is 13.2. The maximum Gasteiger partial charge on any atom is 0.257 e. The normalized spacial score (nSPS) is 10.2. The molecular weight excluding hydrogens is 268 g/mol. The number of unbranched alkanes of at least 4 members (excludes halogenated alkanes) is 1. The number of carbonyl (C=O) groups excluding carboxylic acids is 1. The summed E-state index contributed by atoms with van der Waals surface area (Å²) >= 11 is 0. The van der Waals surface area contributed by atoms with Gasteiger partial charge in [-0.3, -0.25) is 4.79 Å². The van der Waals surface area contributed by atoms with Gasteiger partial charge in [0.2, 0.25) is 0 Å². The molecule has 0 fully saturated rings. The fourth-order valence-electron chi connectivity index (χ4n) is 1.81. The van der Waals surface area contributed by atoms with Gasteiger partial charge in [0.05, 0.1) is 7.11 Å². The van der Waals surface area contributed by atoms with E-state index in [1.165, 1.54) is 0 Å². The number of amides is 1. The summed E-state index contributed by atoms with van der Waals surface area (Å²) in [5, 5.41) is 6.07. The highest BCUT2D eigenvalue weighted by Gasteiger charge is 2.08.